The lowest BCUT2D eigenvalue weighted by molar-refractivity contribution is -0.122. The highest BCUT2D eigenvalue weighted by atomic mass is 35.5. The molecule has 0 spiro atoms. The van der Waals surface area contributed by atoms with Gasteiger partial charge in [0.2, 0.25) is 11.8 Å². The number of anilines is 1. The molecule has 2 amide bonds. The first kappa shape index (κ1) is 17.5. The quantitative estimate of drug-likeness (QED) is 0.736. The van der Waals surface area contributed by atoms with E-state index in [9.17, 15) is 14.0 Å². The number of nitrogens with zero attached hydrogens (tertiary/aromatic N) is 3. The number of aromatic nitrogens is 2. The van der Waals surface area contributed by atoms with Crippen LogP contribution in [-0.2, 0) is 16.1 Å². The van der Waals surface area contributed by atoms with Crippen molar-refractivity contribution in [1.82, 2.24) is 9.78 Å². The summed E-state index contributed by atoms with van der Waals surface area (Å²) in [6.45, 7) is 0.0499. The van der Waals surface area contributed by atoms with E-state index < -0.39 is 5.82 Å². The van der Waals surface area contributed by atoms with Crippen LogP contribution in [0.3, 0.4) is 0 Å². The van der Waals surface area contributed by atoms with Gasteiger partial charge in [0.05, 0.1) is 18.4 Å². The largest absolute Gasteiger partial charge is 0.274 e. The molecule has 26 heavy (non-hydrogen) atoms. The van der Waals surface area contributed by atoms with E-state index in [0.717, 1.165) is 30.6 Å². The molecule has 2 aromatic rings. The van der Waals surface area contributed by atoms with Gasteiger partial charge < -0.3 is 0 Å². The number of carbonyl (C=O) groups excluding carboxylic acids is 2. The molecule has 136 valence electrons. The van der Waals surface area contributed by atoms with Gasteiger partial charge in [0, 0.05) is 16.8 Å². The van der Waals surface area contributed by atoms with Gasteiger partial charge in [-0.25, -0.2) is 9.29 Å². The van der Waals surface area contributed by atoms with Crippen LogP contribution in [0.25, 0.3) is 0 Å². The first-order chi connectivity index (χ1) is 12.5. The Bertz CT molecular complexity index is 854. The zero-order valence-electron chi connectivity index (χ0n) is 13.8. The van der Waals surface area contributed by atoms with Crippen molar-refractivity contribution in [2.24, 2.45) is 11.8 Å². The summed E-state index contributed by atoms with van der Waals surface area (Å²) in [6.07, 6.45) is 4.80. The van der Waals surface area contributed by atoms with Gasteiger partial charge in [-0.2, -0.15) is 5.10 Å². The van der Waals surface area contributed by atoms with Crippen LogP contribution >= 0.6 is 23.2 Å². The van der Waals surface area contributed by atoms with E-state index in [1.54, 1.807) is 6.07 Å². The van der Waals surface area contributed by atoms with Crippen LogP contribution in [0.1, 0.15) is 31.2 Å². The highest BCUT2D eigenvalue weighted by Gasteiger charge is 2.50. The molecule has 0 radical (unpaired) electrons. The topological polar surface area (TPSA) is 55.2 Å². The van der Waals surface area contributed by atoms with E-state index in [0.29, 0.717) is 0 Å². The molecule has 5 nitrogen and oxygen atoms in total. The standard InChI is InChI=1S/C18H16Cl2FN3O2/c19-13-6-3-7-15(21)12(13)8-23-9-14(20)16(22-23)24-17(25)10-4-1-2-5-11(10)18(24)26/h3,6-7,9-11H,1-2,4-5,8H2. The van der Waals surface area contributed by atoms with Crippen molar-refractivity contribution in [2.45, 2.75) is 32.2 Å². The molecule has 2 aliphatic rings. The van der Waals surface area contributed by atoms with Gasteiger partial charge in [-0.05, 0) is 25.0 Å². The third-order valence-corrected chi connectivity index (χ3v) is 5.75. The number of benzene rings is 1. The number of hydrogen-bond acceptors (Lipinski definition) is 3. The average molecular weight is 396 g/mol. The summed E-state index contributed by atoms with van der Waals surface area (Å²) in [4.78, 5) is 26.5. The lowest BCUT2D eigenvalue weighted by Gasteiger charge is -2.19. The van der Waals surface area contributed by atoms with Crippen molar-refractivity contribution >= 4 is 40.8 Å². The molecule has 1 saturated carbocycles. The third-order valence-electron chi connectivity index (χ3n) is 5.13. The van der Waals surface area contributed by atoms with Gasteiger partial charge in [0.15, 0.2) is 5.82 Å². The molecule has 1 aliphatic carbocycles. The number of fused-ring (bicyclic) bond motifs is 1. The maximum absolute atomic E-state index is 14.0. The Morgan fingerprint density at radius 2 is 1.73 bits per heavy atom. The molecule has 1 saturated heterocycles. The van der Waals surface area contributed by atoms with Crippen LogP contribution in [0.15, 0.2) is 24.4 Å². The van der Waals surface area contributed by atoms with Gasteiger partial charge in [0.25, 0.3) is 0 Å². The Morgan fingerprint density at radius 3 is 2.35 bits per heavy atom. The van der Waals surface area contributed by atoms with E-state index in [1.807, 2.05) is 0 Å². The molecule has 2 heterocycles. The minimum absolute atomic E-state index is 0.0499. The van der Waals surface area contributed by atoms with Crippen molar-refractivity contribution in [1.29, 1.82) is 0 Å². The van der Waals surface area contributed by atoms with E-state index in [-0.39, 0.29) is 51.6 Å². The Hall–Kier alpha value is -1.92. The number of halogens is 3. The predicted molar refractivity (Wildman–Crippen MR) is 95.7 cm³/mol. The fourth-order valence-electron chi connectivity index (χ4n) is 3.84. The molecule has 1 aromatic heterocycles. The van der Waals surface area contributed by atoms with E-state index >= 15 is 0 Å². The average Bonchev–Trinajstić information content (AvgIpc) is 3.09. The molecular weight excluding hydrogens is 380 g/mol. The highest BCUT2D eigenvalue weighted by molar-refractivity contribution is 6.35. The second-order valence-electron chi connectivity index (χ2n) is 6.71. The second kappa shape index (κ2) is 6.67. The van der Waals surface area contributed by atoms with Crippen LogP contribution in [0.5, 0.6) is 0 Å². The number of rotatable bonds is 3. The fraction of sp³-hybridized carbons (Fsp3) is 0.389. The van der Waals surface area contributed by atoms with Crippen molar-refractivity contribution in [3.63, 3.8) is 0 Å². The number of imide groups is 1. The van der Waals surface area contributed by atoms with Gasteiger partial charge in [0.1, 0.15) is 10.8 Å². The maximum Gasteiger partial charge on any atom is 0.238 e. The number of carbonyl (C=O) groups is 2. The summed E-state index contributed by atoms with van der Waals surface area (Å²) in [5, 5.41) is 4.73. The van der Waals surface area contributed by atoms with Gasteiger partial charge in [-0.15, -0.1) is 0 Å². The van der Waals surface area contributed by atoms with Crippen molar-refractivity contribution in [3.8, 4) is 0 Å². The molecule has 2 atom stereocenters. The Kier molecular flexibility index (Phi) is 4.49. The number of hydrogen-bond donors (Lipinski definition) is 0. The molecule has 0 bridgehead atoms. The Balaban J connectivity index is 1.65. The Labute approximate surface area is 159 Å². The first-order valence-corrected chi connectivity index (χ1v) is 9.26. The molecular formula is C18H16Cl2FN3O2. The van der Waals surface area contributed by atoms with Crippen molar-refractivity contribution in [3.05, 3.63) is 45.8 Å². The lowest BCUT2D eigenvalue weighted by Crippen LogP contribution is -2.31. The van der Waals surface area contributed by atoms with Crippen molar-refractivity contribution < 1.29 is 14.0 Å². The third kappa shape index (κ3) is 2.81. The van der Waals surface area contributed by atoms with Crippen LogP contribution in [-0.4, -0.2) is 21.6 Å². The molecule has 0 N–H and O–H groups in total. The summed E-state index contributed by atoms with van der Waals surface area (Å²) in [7, 11) is 0. The monoisotopic (exact) mass is 395 g/mol. The zero-order valence-corrected chi connectivity index (χ0v) is 15.3. The van der Waals surface area contributed by atoms with E-state index in [1.165, 1.54) is 23.0 Å². The summed E-state index contributed by atoms with van der Waals surface area (Å²) >= 11 is 12.3. The smallest absolute Gasteiger partial charge is 0.238 e. The lowest BCUT2D eigenvalue weighted by atomic mass is 9.81. The van der Waals surface area contributed by atoms with Gasteiger partial charge in [-0.3, -0.25) is 14.3 Å². The molecule has 2 unspecified atom stereocenters. The second-order valence-corrected chi connectivity index (χ2v) is 7.52. The maximum atomic E-state index is 14.0. The van der Waals surface area contributed by atoms with Gasteiger partial charge >= 0.3 is 0 Å². The zero-order chi connectivity index (χ0) is 18.4. The van der Waals surface area contributed by atoms with Crippen LogP contribution < -0.4 is 4.90 Å². The molecule has 8 heteroatoms. The SMILES string of the molecule is O=C1C2CCCCC2C(=O)N1c1nn(Cc2c(F)cccc2Cl)cc1Cl. The first-order valence-electron chi connectivity index (χ1n) is 8.51. The van der Waals surface area contributed by atoms with Crippen molar-refractivity contribution in [2.75, 3.05) is 4.90 Å². The van der Waals surface area contributed by atoms with Gasteiger partial charge in [-0.1, -0.05) is 42.1 Å². The molecule has 2 fully saturated rings. The summed E-state index contributed by atoms with van der Waals surface area (Å²) in [5.41, 5.74) is 0.271. The van der Waals surface area contributed by atoms with Crippen LogP contribution in [0, 0.1) is 17.7 Å². The molecule has 1 aromatic carbocycles. The fourth-order valence-corrected chi connectivity index (χ4v) is 4.29. The summed E-state index contributed by atoms with van der Waals surface area (Å²) in [5.74, 6) is -1.38. The predicted octanol–water partition coefficient (Wildman–Crippen LogP) is 4.06. The summed E-state index contributed by atoms with van der Waals surface area (Å²) in [6, 6.07) is 4.42. The minimum Gasteiger partial charge on any atom is -0.274 e. The normalized spacial score (nSPS) is 22.8. The molecule has 4 rings (SSSR count). The minimum atomic E-state index is -0.454. The van der Waals surface area contributed by atoms with E-state index in [4.69, 9.17) is 23.2 Å². The van der Waals surface area contributed by atoms with E-state index in [2.05, 4.69) is 5.10 Å². The van der Waals surface area contributed by atoms with Crippen LogP contribution in [0.2, 0.25) is 10.0 Å². The van der Waals surface area contributed by atoms with Crippen LogP contribution in [0.4, 0.5) is 10.2 Å². The number of amides is 2. The highest BCUT2D eigenvalue weighted by Crippen LogP contribution is 2.41. The summed E-state index contributed by atoms with van der Waals surface area (Å²) < 4.78 is 15.4. The Morgan fingerprint density at radius 1 is 1.08 bits per heavy atom. The molecule has 1 aliphatic heterocycles.